The van der Waals surface area contributed by atoms with Crippen LogP contribution in [0.1, 0.15) is 6.42 Å². The van der Waals surface area contributed by atoms with Gasteiger partial charge >= 0.3 is 0 Å². The van der Waals surface area contributed by atoms with Crippen LogP contribution < -0.4 is 5.32 Å². The lowest BCUT2D eigenvalue weighted by atomic mass is 10.2. The zero-order chi connectivity index (χ0) is 5.82. The SMILES string of the molecule is O=C=C1C=CCCN1. The zero-order valence-electron chi connectivity index (χ0n) is 4.48. The Morgan fingerprint density at radius 3 is 3.00 bits per heavy atom. The maximum Gasteiger partial charge on any atom is 0.150 e. The first-order chi connectivity index (χ1) is 3.93. The van der Waals surface area contributed by atoms with E-state index in [-0.39, 0.29) is 0 Å². The Morgan fingerprint density at radius 1 is 1.75 bits per heavy atom. The van der Waals surface area contributed by atoms with Crippen LogP contribution in [-0.4, -0.2) is 12.5 Å². The van der Waals surface area contributed by atoms with E-state index in [0.29, 0.717) is 5.70 Å². The van der Waals surface area contributed by atoms with Crippen LogP contribution in [0.25, 0.3) is 0 Å². The minimum Gasteiger partial charge on any atom is -0.376 e. The summed E-state index contributed by atoms with van der Waals surface area (Å²) in [7, 11) is 0. The molecule has 0 bridgehead atoms. The Labute approximate surface area is 47.9 Å². The molecule has 0 atom stereocenters. The number of allylic oxidation sites excluding steroid dienone is 1. The molecule has 0 aromatic rings. The smallest absolute Gasteiger partial charge is 0.150 e. The summed E-state index contributed by atoms with van der Waals surface area (Å²) in [4.78, 5) is 9.88. The summed E-state index contributed by atoms with van der Waals surface area (Å²) in [5, 5.41) is 2.88. The van der Waals surface area contributed by atoms with E-state index in [4.69, 9.17) is 0 Å². The van der Waals surface area contributed by atoms with E-state index in [9.17, 15) is 4.79 Å². The van der Waals surface area contributed by atoms with Gasteiger partial charge in [0.1, 0.15) is 11.6 Å². The molecule has 0 spiro atoms. The predicted molar refractivity (Wildman–Crippen MR) is 31.0 cm³/mol. The van der Waals surface area contributed by atoms with Gasteiger partial charge in [0.05, 0.1) is 0 Å². The summed E-state index contributed by atoms with van der Waals surface area (Å²) in [5.74, 6) is 1.77. The molecule has 0 aromatic heterocycles. The molecule has 0 radical (unpaired) electrons. The Morgan fingerprint density at radius 2 is 2.62 bits per heavy atom. The van der Waals surface area contributed by atoms with E-state index in [1.807, 2.05) is 6.08 Å². The van der Waals surface area contributed by atoms with Gasteiger partial charge in [-0.1, -0.05) is 6.08 Å². The van der Waals surface area contributed by atoms with Gasteiger partial charge in [0.25, 0.3) is 0 Å². The molecule has 1 aliphatic heterocycles. The fourth-order valence-corrected chi connectivity index (χ4v) is 0.620. The molecule has 1 N–H and O–H groups in total. The van der Waals surface area contributed by atoms with Crippen LogP contribution in [0.5, 0.6) is 0 Å². The van der Waals surface area contributed by atoms with Crippen molar-refractivity contribution >= 4 is 5.94 Å². The summed E-state index contributed by atoms with van der Waals surface area (Å²) in [6, 6.07) is 0. The number of rotatable bonds is 0. The highest BCUT2D eigenvalue weighted by molar-refractivity contribution is 5.56. The van der Waals surface area contributed by atoms with Crippen LogP contribution in [0.15, 0.2) is 17.8 Å². The molecule has 0 fully saturated rings. The average molecular weight is 109 g/mol. The average Bonchev–Trinajstić information content (AvgIpc) is 1.90. The standard InChI is InChI=1S/C6H7NO/c8-5-6-3-1-2-4-7-6/h1,3,7H,2,4H2. The maximum atomic E-state index is 9.88. The van der Waals surface area contributed by atoms with Gasteiger partial charge in [-0.05, 0) is 12.5 Å². The van der Waals surface area contributed by atoms with Crippen LogP contribution in [0.2, 0.25) is 0 Å². The van der Waals surface area contributed by atoms with Crippen molar-refractivity contribution in [2.45, 2.75) is 6.42 Å². The predicted octanol–water partition coefficient (Wildman–Crippen LogP) is 0.251. The van der Waals surface area contributed by atoms with Gasteiger partial charge in [0.15, 0.2) is 0 Å². The Bertz CT molecular complexity index is 154. The van der Waals surface area contributed by atoms with Crippen molar-refractivity contribution in [2.24, 2.45) is 0 Å². The van der Waals surface area contributed by atoms with Gasteiger partial charge < -0.3 is 5.32 Å². The fourth-order valence-electron chi connectivity index (χ4n) is 0.620. The highest BCUT2D eigenvalue weighted by atomic mass is 16.1. The maximum absolute atomic E-state index is 9.88. The van der Waals surface area contributed by atoms with Crippen molar-refractivity contribution in [3.05, 3.63) is 17.8 Å². The van der Waals surface area contributed by atoms with Gasteiger partial charge in [-0.2, -0.15) is 0 Å². The van der Waals surface area contributed by atoms with Crippen LogP contribution in [0.3, 0.4) is 0 Å². The first kappa shape index (κ1) is 5.13. The summed E-state index contributed by atoms with van der Waals surface area (Å²) in [6.07, 6.45) is 4.71. The van der Waals surface area contributed by atoms with Crippen molar-refractivity contribution in [3.63, 3.8) is 0 Å². The summed E-state index contributed by atoms with van der Waals surface area (Å²) in [5.41, 5.74) is 0.566. The first-order valence-electron chi connectivity index (χ1n) is 2.59. The van der Waals surface area contributed by atoms with Crippen LogP contribution >= 0.6 is 0 Å². The van der Waals surface area contributed by atoms with Gasteiger partial charge in [0.2, 0.25) is 0 Å². The monoisotopic (exact) mass is 109 g/mol. The van der Waals surface area contributed by atoms with Crippen LogP contribution in [-0.2, 0) is 4.79 Å². The fraction of sp³-hybridized carbons (Fsp3) is 0.333. The van der Waals surface area contributed by atoms with E-state index in [1.54, 1.807) is 12.0 Å². The lowest BCUT2D eigenvalue weighted by Crippen LogP contribution is -2.16. The van der Waals surface area contributed by atoms with E-state index in [0.717, 1.165) is 13.0 Å². The van der Waals surface area contributed by atoms with Crippen molar-refractivity contribution in [2.75, 3.05) is 6.54 Å². The summed E-state index contributed by atoms with van der Waals surface area (Å²) in [6.45, 7) is 0.862. The second-order valence-corrected chi connectivity index (χ2v) is 1.63. The second-order valence-electron chi connectivity index (χ2n) is 1.63. The molecular weight excluding hydrogens is 102 g/mol. The molecule has 42 valence electrons. The van der Waals surface area contributed by atoms with Crippen LogP contribution in [0.4, 0.5) is 0 Å². The minimum absolute atomic E-state index is 0.566. The van der Waals surface area contributed by atoms with Gasteiger partial charge in [-0.15, -0.1) is 0 Å². The molecule has 2 heteroatoms. The summed E-state index contributed by atoms with van der Waals surface area (Å²) < 4.78 is 0. The number of carbonyl (C=O) groups excluding carboxylic acids is 1. The zero-order valence-corrected chi connectivity index (χ0v) is 4.48. The number of hydrogen-bond donors (Lipinski definition) is 1. The molecule has 0 saturated carbocycles. The van der Waals surface area contributed by atoms with Gasteiger partial charge in [0, 0.05) is 6.54 Å². The van der Waals surface area contributed by atoms with E-state index in [1.165, 1.54) is 0 Å². The third-order valence-electron chi connectivity index (χ3n) is 1.02. The molecule has 0 aromatic carbocycles. The number of hydrogen-bond acceptors (Lipinski definition) is 2. The van der Waals surface area contributed by atoms with Crippen LogP contribution in [0, 0.1) is 0 Å². The molecule has 1 rings (SSSR count). The van der Waals surface area contributed by atoms with Crippen molar-refractivity contribution < 1.29 is 4.79 Å². The Hall–Kier alpha value is -1.01. The van der Waals surface area contributed by atoms with Crippen molar-refractivity contribution in [3.8, 4) is 0 Å². The molecule has 1 aliphatic rings. The second kappa shape index (κ2) is 2.34. The number of nitrogens with one attached hydrogen (secondary N) is 1. The van der Waals surface area contributed by atoms with Crippen molar-refractivity contribution in [1.29, 1.82) is 0 Å². The van der Waals surface area contributed by atoms with Gasteiger partial charge in [-0.25, -0.2) is 4.79 Å². The largest absolute Gasteiger partial charge is 0.376 e. The molecular formula is C6H7NO. The molecule has 2 nitrogen and oxygen atoms in total. The van der Waals surface area contributed by atoms with Crippen molar-refractivity contribution in [1.82, 2.24) is 5.32 Å². The topological polar surface area (TPSA) is 29.1 Å². The summed E-state index contributed by atoms with van der Waals surface area (Å²) >= 11 is 0. The molecule has 8 heavy (non-hydrogen) atoms. The Balaban J connectivity index is 2.70. The minimum atomic E-state index is 0.566. The highest BCUT2D eigenvalue weighted by Gasteiger charge is 1.94. The molecule has 0 aliphatic carbocycles. The quantitative estimate of drug-likeness (QED) is 0.452. The third kappa shape index (κ3) is 0.983. The highest BCUT2D eigenvalue weighted by Crippen LogP contribution is 1.94. The van der Waals surface area contributed by atoms with E-state index >= 15 is 0 Å². The molecule has 0 amide bonds. The molecule has 1 heterocycles. The van der Waals surface area contributed by atoms with E-state index < -0.39 is 0 Å². The normalized spacial score (nSPS) is 17.2. The lowest BCUT2D eigenvalue weighted by molar-refractivity contribution is 0.565. The molecule has 0 unspecified atom stereocenters. The lowest BCUT2D eigenvalue weighted by Gasteiger charge is -2.04. The third-order valence-corrected chi connectivity index (χ3v) is 1.02. The van der Waals surface area contributed by atoms with Gasteiger partial charge in [-0.3, -0.25) is 0 Å². The Kier molecular flexibility index (Phi) is 1.50. The first-order valence-corrected chi connectivity index (χ1v) is 2.59. The molecule has 0 saturated heterocycles. The van der Waals surface area contributed by atoms with E-state index in [2.05, 4.69) is 5.32 Å².